The van der Waals surface area contributed by atoms with Crippen LogP contribution < -0.4 is 4.74 Å². The molecule has 1 atom stereocenters. The molecular formula is C16H22O2. The molecule has 0 fully saturated rings. The lowest BCUT2D eigenvalue weighted by atomic mass is 9.88. The molecule has 0 spiro atoms. The molecule has 1 aromatic rings. The topological polar surface area (TPSA) is 26.3 Å². The van der Waals surface area contributed by atoms with Crippen molar-refractivity contribution in [3.05, 3.63) is 29.8 Å². The minimum Gasteiger partial charge on any atom is -0.493 e. The first kappa shape index (κ1) is 13.1. The first-order valence-corrected chi connectivity index (χ1v) is 6.90. The van der Waals surface area contributed by atoms with Crippen molar-refractivity contribution in [2.45, 2.75) is 45.4 Å². The summed E-state index contributed by atoms with van der Waals surface area (Å²) in [4.78, 5) is 11.8. The first-order valence-electron chi connectivity index (χ1n) is 6.90. The Morgan fingerprint density at radius 2 is 2.17 bits per heavy atom. The smallest absolute Gasteiger partial charge is 0.133 e. The molecule has 1 heterocycles. The number of ether oxygens (including phenoxy) is 1. The average Bonchev–Trinajstić information content (AvgIpc) is 2.35. The van der Waals surface area contributed by atoms with Crippen LogP contribution in [0.1, 0.15) is 51.0 Å². The zero-order valence-corrected chi connectivity index (χ0v) is 11.3. The molecule has 0 aromatic heterocycles. The molecule has 98 valence electrons. The predicted molar refractivity (Wildman–Crippen MR) is 73.0 cm³/mol. The second kappa shape index (κ2) is 6.03. The van der Waals surface area contributed by atoms with Gasteiger partial charge in [-0.05, 0) is 36.3 Å². The Morgan fingerprint density at radius 3 is 2.94 bits per heavy atom. The highest BCUT2D eigenvalue weighted by Gasteiger charge is 2.21. The monoisotopic (exact) mass is 246 g/mol. The van der Waals surface area contributed by atoms with Crippen LogP contribution in [0.5, 0.6) is 5.75 Å². The Hall–Kier alpha value is -1.31. The lowest BCUT2D eigenvalue weighted by Gasteiger charge is -2.25. The molecular weight excluding hydrogens is 224 g/mol. The Morgan fingerprint density at radius 1 is 1.39 bits per heavy atom. The highest BCUT2D eigenvalue weighted by Crippen LogP contribution is 2.36. The average molecular weight is 246 g/mol. The van der Waals surface area contributed by atoms with Crippen LogP contribution in [0.2, 0.25) is 0 Å². The third-order valence-electron chi connectivity index (χ3n) is 3.49. The third-order valence-corrected chi connectivity index (χ3v) is 3.49. The van der Waals surface area contributed by atoms with E-state index >= 15 is 0 Å². The maximum absolute atomic E-state index is 11.8. The number of carbonyl (C=O) groups excluding carboxylic acids is 1. The molecule has 0 radical (unpaired) electrons. The number of ketones is 1. The van der Waals surface area contributed by atoms with Gasteiger partial charge in [0.05, 0.1) is 6.61 Å². The van der Waals surface area contributed by atoms with E-state index in [9.17, 15) is 4.79 Å². The van der Waals surface area contributed by atoms with Crippen LogP contribution >= 0.6 is 0 Å². The fourth-order valence-electron chi connectivity index (χ4n) is 2.61. The molecule has 0 bridgehead atoms. The van der Waals surface area contributed by atoms with Crippen LogP contribution in [0, 0.1) is 5.92 Å². The van der Waals surface area contributed by atoms with Crippen molar-refractivity contribution in [1.29, 1.82) is 0 Å². The molecule has 0 saturated carbocycles. The number of para-hydroxylation sites is 1. The largest absolute Gasteiger partial charge is 0.493 e. The van der Waals surface area contributed by atoms with E-state index in [1.807, 2.05) is 12.1 Å². The van der Waals surface area contributed by atoms with Crippen LogP contribution in [0.15, 0.2) is 24.3 Å². The summed E-state index contributed by atoms with van der Waals surface area (Å²) in [6.45, 7) is 4.98. The summed E-state index contributed by atoms with van der Waals surface area (Å²) in [6, 6.07) is 8.21. The van der Waals surface area contributed by atoms with Crippen molar-refractivity contribution in [2.24, 2.45) is 5.92 Å². The molecule has 0 aliphatic carbocycles. The molecule has 1 unspecified atom stereocenters. The minimum absolute atomic E-state index is 0.397. The zero-order valence-electron chi connectivity index (χ0n) is 11.3. The summed E-state index contributed by atoms with van der Waals surface area (Å²) < 4.78 is 5.64. The van der Waals surface area contributed by atoms with Crippen LogP contribution in [0.25, 0.3) is 0 Å². The van der Waals surface area contributed by atoms with Gasteiger partial charge in [-0.1, -0.05) is 32.0 Å². The van der Waals surface area contributed by atoms with E-state index in [0.717, 1.165) is 25.2 Å². The number of hydrogen-bond donors (Lipinski definition) is 0. The van der Waals surface area contributed by atoms with Gasteiger partial charge >= 0.3 is 0 Å². The third kappa shape index (κ3) is 3.34. The number of fused-ring (bicyclic) bond motifs is 1. The van der Waals surface area contributed by atoms with Crippen molar-refractivity contribution < 1.29 is 9.53 Å². The Kier molecular flexibility index (Phi) is 4.40. The molecule has 1 aromatic carbocycles. The van der Waals surface area contributed by atoms with Gasteiger partial charge in [0.2, 0.25) is 0 Å². The first-order chi connectivity index (χ1) is 8.66. The summed E-state index contributed by atoms with van der Waals surface area (Å²) in [6.07, 6.45) is 3.42. The van der Waals surface area contributed by atoms with Crippen LogP contribution in [-0.4, -0.2) is 12.4 Å². The van der Waals surface area contributed by atoms with Crippen molar-refractivity contribution in [3.8, 4) is 5.75 Å². The van der Waals surface area contributed by atoms with E-state index in [-0.39, 0.29) is 0 Å². The highest BCUT2D eigenvalue weighted by molar-refractivity contribution is 5.78. The molecule has 0 saturated heterocycles. The number of benzene rings is 1. The molecule has 18 heavy (non-hydrogen) atoms. The van der Waals surface area contributed by atoms with Gasteiger partial charge in [-0.2, -0.15) is 0 Å². The van der Waals surface area contributed by atoms with Gasteiger partial charge in [0, 0.05) is 12.8 Å². The second-order valence-electron chi connectivity index (χ2n) is 5.55. The Bertz CT molecular complexity index is 409. The molecule has 0 N–H and O–H groups in total. The number of Topliss-reactive ketones (excluding diaryl/α,β-unsaturated/α-hetero) is 1. The zero-order chi connectivity index (χ0) is 13.0. The van der Waals surface area contributed by atoms with Gasteiger partial charge in [0.25, 0.3) is 0 Å². The predicted octanol–water partition coefficient (Wildman–Crippen LogP) is 3.95. The standard InChI is InChI=1S/C16H22O2/c1-12(2)11-14(17)8-7-13-9-10-18-16-6-4-3-5-15(13)16/h3-6,12-13H,7-11H2,1-2H3. The number of rotatable bonds is 5. The van der Waals surface area contributed by atoms with Gasteiger partial charge in [0.1, 0.15) is 11.5 Å². The molecule has 2 nitrogen and oxygen atoms in total. The van der Waals surface area contributed by atoms with Crippen molar-refractivity contribution >= 4 is 5.78 Å². The van der Waals surface area contributed by atoms with Crippen molar-refractivity contribution in [3.63, 3.8) is 0 Å². The fourth-order valence-corrected chi connectivity index (χ4v) is 2.61. The molecule has 1 aliphatic heterocycles. The van der Waals surface area contributed by atoms with Crippen LogP contribution in [0.3, 0.4) is 0 Å². The SMILES string of the molecule is CC(C)CC(=O)CCC1CCOc2ccccc21. The normalized spacial score (nSPS) is 18.3. The minimum atomic E-state index is 0.397. The van der Waals surface area contributed by atoms with Gasteiger partial charge < -0.3 is 4.74 Å². The van der Waals surface area contributed by atoms with Crippen molar-refractivity contribution in [2.75, 3.05) is 6.61 Å². The summed E-state index contributed by atoms with van der Waals surface area (Å²) >= 11 is 0. The van der Waals surface area contributed by atoms with E-state index in [4.69, 9.17) is 4.74 Å². The maximum atomic E-state index is 11.8. The van der Waals surface area contributed by atoms with Gasteiger partial charge in [-0.15, -0.1) is 0 Å². The molecule has 0 amide bonds. The number of hydrogen-bond acceptors (Lipinski definition) is 2. The Balaban J connectivity index is 1.93. The fraction of sp³-hybridized carbons (Fsp3) is 0.562. The van der Waals surface area contributed by atoms with E-state index in [1.165, 1.54) is 5.56 Å². The maximum Gasteiger partial charge on any atom is 0.133 e. The van der Waals surface area contributed by atoms with E-state index in [2.05, 4.69) is 26.0 Å². The molecule has 1 aliphatic rings. The lowest BCUT2D eigenvalue weighted by molar-refractivity contribution is -0.119. The summed E-state index contributed by atoms with van der Waals surface area (Å²) in [5.41, 5.74) is 1.28. The Labute approximate surface area is 109 Å². The molecule has 2 heteroatoms. The van der Waals surface area contributed by atoms with Crippen LogP contribution in [0.4, 0.5) is 0 Å². The van der Waals surface area contributed by atoms with E-state index in [0.29, 0.717) is 30.5 Å². The quantitative estimate of drug-likeness (QED) is 0.786. The molecule has 2 rings (SSSR count). The van der Waals surface area contributed by atoms with Gasteiger partial charge in [0.15, 0.2) is 0 Å². The highest BCUT2D eigenvalue weighted by atomic mass is 16.5. The number of carbonyl (C=O) groups is 1. The second-order valence-corrected chi connectivity index (χ2v) is 5.55. The summed E-state index contributed by atoms with van der Waals surface area (Å²) in [5, 5.41) is 0. The van der Waals surface area contributed by atoms with Crippen molar-refractivity contribution in [1.82, 2.24) is 0 Å². The summed E-state index contributed by atoms with van der Waals surface area (Å²) in [7, 11) is 0. The van der Waals surface area contributed by atoms with Gasteiger partial charge in [-0.3, -0.25) is 4.79 Å². The summed E-state index contributed by atoms with van der Waals surface area (Å²) in [5.74, 6) is 2.37. The van der Waals surface area contributed by atoms with Crippen LogP contribution in [-0.2, 0) is 4.79 Å². The van der Waals surface area contributed by atoms with E-state index in [1.54, 1.807) is 0 Å². The van der Waals surface area contributed by atoms with Gasteiger partial charge in [-0.25, -0.2) is 0 Å². The lowest BCUT2D eigenvalue weighted by Crippen LogP contribution is -2.15. The van der Waals surface area contributed by atoms with E-state index < -0.39 is 0 Å².